The van der Waals surface area contributed by atoms with Crippen LogP contribution in [0.15, 0.2) is 54.7 Å². The van der Waals surface area contributed by atoms with Crippen molar-refractivity contribution in [1.82, 2.24) is 9.78 Å². The Labute approximate surface area is 205 Å². The smallest absolute Gasteiger partial charge is 0.413 e. The van der Waals surface area contributed by atoms with Crippen molar-refractivity contribution in [2.45, 2.75) is 52.1 Å². The fourth-order valence-electron chi connectivity index (χ4n) is 4.38. The first-order valence-corrected chi connectivity index (χ1v) is 12.3. The highest BCUT2D eigenvalue weighted by Crippen LogP contribution is 2.49. The Bertz CT molecular complexity index is 1220. The normalized spacial score (nSPS) is 16.9. The Hall–Kier alpha value is -3.61. The maximum atomic E-state index is 12.4. The monoisotopic (exact) mass is 473 g/mol. The van der Waals surface area contributed by atoms with Crippen molar-refractivity contribution in [3.63, 3.8) is 0 Å². The van der Waals surface area contributed by atoms with Gasteiger partial charge in [-0.3, -0.25) is 14.8 Å². The van der Waals surface area contributed by atoms with Gasteiger partial charge in [0.05, 0.1) is 11.6 Å². The van der Waals surface area contributed by atoms with E-state index in [4.69, 9.17) is 9.47 Å². The van der Waals surface area contributed by atoms with E-state index < -0.39 is 6.09 Å². The predicted molar refractivity (Wildman–Crippen MR) is 134 cm³/mol. The van der Waals surface area contributed by atoms with Crippen molar-refractivity contribution >= 4 is 17.9 Å². The van der Waals surface area contributed by atoms with Gasteiger partial charge in [0.15, 0.2) is 0 Å². The average Bonchev–Trinajstić information content (AvgIpc) is 3.78. The molecular weight excluding hydrogens is 442 g/mol. The van der Waals surface area contributed by atoms with Gasteiger partial charge in [-0.25, -0.2) is 4.79 Å². The zero-order chi connectivity index (χ0) is 24.6. The molecule has 1 N–H and O–H groups in total. The van der Waals surface area contributed by atoms with Crippen LogP contribution in [0.5, 0.6) is 5.75 Å². The zero-order valence-electron chi connectivity index (χ0n) is 20.4. The van der Waals surface area contributed by atoms with Crippen LogP contribution in [0.2, 0.25) is 0 Å². The number of ether oxygens (including phenoxy) is 2. The molecule has 1 amide bonds. The van der Waals surface area contributed by atoms with Crippen LogP contribution in [0.25, 0.3) is 22.3 Å². The number of carbonyl (C=O) groups excluding carboxylic acids is 2. The number of hydrogen-bond donors (Lipinski definition) is 1. The molecule has 7 heteroatoms. The molecule has 35 heavy (non-hydrogen) atoms. The maximum absolute atomic E-state index is 12.4. The number of nitrogens with one attached hydrogen (secondary N) is 1. The lowest BCUT2D eigenvalue weighted by atomic mass is 10.0. The Kier molecular flexibility index (Phi) is 6.09. The predicted octanol–water partition coefficient (Wildman–Crippen LogP) is 6.20. The average molecular weight is 474 g/mol. The van der Waals surface area contributed by atoms with Gasteiger partial charge in [-0.05, 0) is 73.8 Å². The van der Waals surface area contributed by atoms with Crippen molar-refractivity contribution in [2.75, 3.05) is 5.32 Å². The number of aryl methyl sites for hydroxylation is 1. The Morgan fingerprint density at radius 3 is 2.23 bits per heavy atom. The third-order valence-electron chi connectivity index (χ3n) is 7.30. The van der Waals surface area contributed by atoms with Gasteiger partial charge in [0.1, 0.15) is 17.7 Å². The molecule has 1 aromatic heterocycles. The van der Waals surface area contributed by atoms with Gasteiger partial charge in [0.25, 0.3) is 0 Å². The fourth-order valence-corrected chi connectivity index (χ4v) is 4.38. The van der Waals surface area contributed by atoms with E-state index in [1.54, 1.807) is 17.9 Å². The van der Waals surface area contributed by atoms with Crippen LogP contribution in [0.1, 0.15) is 46.0 Å². The van der Waals surface area contributed by atoms with Crippen LogP contribution in [0, 0.1) is 11.3 Å². The second kappa shape index (κ2) is 9.21. The van der Waals surface area contributed by atoms with E-state index in [1.165, 1.54) is 0 Å². The van der Waals surface area contributed by atoms with Gasteiger partial charge in [-0.2, -0.15) is 5.10 Å². The van der Waals surface area contributed by atoms with Crippen LogP contribution < -0.4 is 10.1 Å². The minimum Gasteiger partial charge on any atom is -0.446 e. The minimum atomic E-state index is -0.460. The molecule has 2 saturated carbocycles. The van der Waals surface area contributed by atoms with E-state index in [9.17, 15) is 9.59 Å². The summed E-state index contributed by atoms with van der Waals surface area (Å²) in [7, 11) is 1.79. The molecule has 0 spiro atoms. The number of rotatable bonds is 8. The van der Waals surface area contributed by atoms with Gasteiger partial charge in [-0.1, -0.05) is 43.3 Å². The summed E-state index contributed by atoms with van der Waals surface area (Å²) in [6.07, 6.45) is 6.09. The molecular formula is C28H31N3O4. The number of aromatic nitrogens is 2. The molecule has 182 valence electrons. The van der Waals surface area contributed by atoms with Gasteiger partial charge >= 0.3 is 12.1 Å². The van der Waals surface area contributed by atoms with Crippen LogP contribution in [-0.2, 0) is 16.6 Å². The topological polar surface area (TPSA) is 82.5 Å². The number of hydrogen-bond acceptors (Lipinski definition) is 5. The molecule has 0 aliphatic heterocycles. The van der Waals surface area contributed by atoms with Crippen molar-refractivity contribution < 1.29 is 19.1 Å². The Morgan fingerprint density at radius 2 is 1.66 bits per heavy atom. The number of esters is 1. The summed E-state index contributed by atoms with van der Waals surface area (Å²) < 4.78 is 12.7. The molecule has 2 aliphatic rings. The van der Waals surface area contributed by atoms with Gasteiger partial charge < -0.3 is 9.47 Å². The number of amides is 1. The Morgan fingerprint density at radius 1 is 1.06 bits per heavy atom. The first-order chi connectivity index (χ1) is 16.9. The summed E-state index contributed by atoms with van der Waals surface area (Å²) >= 11 is 0. The van der Waals surface area contributed by atoms with Crippen molar-refractivity contribution in [3.8, 4) is 28.0 Å². The summed E-state index contributed by atoms with van der Waals surface area (Å²) in [4.78, 5) is 24.8. The second-order valence-electron chi connectivity index (χ2n) is 9.73. The van der Waals surface area contributed by atoms with Crippen LogP contribution >= 0.6 is 0 Å². The second-order valence-corrected chi connectivity index (χ2v) is 9.73. The molecule has 2 aliphatic carbocycles. The third-order valence-corrected chi connectivity index (χ3v) is 7.30. The molecule has 2 fully saturated rings. The van der Waals surface area contributed by atoms with Gasteiger partial charge in [-0.15, -0.1) is 0 Å². The number of nitrogens with zero attached hydrogens (tertiary/aromatic N) is 2. The summed E-state index contributed by atoms with van der Waals surface area (Å²) in [6.45, 7) is 3.97. The van der Waals surface area contributed by atoms with Gasteiger partial charge in [0.2, 0.25) is 0 Å². The van der Waals surface area contributed by atoms with Crippen LogP contribution in [0.3, 0.4) is 0 Å². The van der Waals surface area contributed by atoms with Crippen LogP contribution in [-0.4, -0.2) is 27.9 Å². The summed E-state index contributed by atoms with van der Waals surface area (Å²) in [5, 5.41) is 7.18. The Balaban J connectivity index is 1.26. The molecule has 0 bridgehead atoms. The number of benzene rings is 2. The lowest BCUT2D eigenvalue weighted by Gasteiger charge is -2.14. The highest BCUT2D eigenvalue weighted by molar-refractivity contribution is 5.90. The van der Waals surface area contributed by atoms with Crippen LogP contribution in [0.4, 0.5) is 10.6 Å². The van der Waals surface area contributed by atoms with E-state index in [0.29, 0.717) is 17.5 Å². The first kappa shape index (κ1) is 23.1. The third kappa shape index (κ3) is 4.94. The maximum Gasteiger partial charge on any atom is 0.413 e. The summed E-state index contributed by atoms with van der Waals surface area (Å²) in [5.41, 5.74) is 3.56. The van der Waals surface area contributed by atoms with E-state index in [0.717, 1.165) is 54.4 Å². The highest BCUT2D eigenvalue weighted by atomic mass is 16.6. The minimum absolute atomic E-state index is 0.0812. The molecule has 2 aromatic carbocycles. The molecule has 1 unspecified atom stereocenters. The van der Waals surface area contributed by atoms with E-state index in [-0.39, 0.29) is 17.5 Å². The lowest BCUT2D eigenvalue weighted by molar-refractivity contribution is -0.140. The molecule has 1 heterocycles. The summed E-state index contributed by atoms with van der Waals surface area (Å²) in [5.74, 6) is 1.52. The van der Waals surface area contributed by atoms with E-state index in [1.807, 2.05) is 62.4 Å². The quantitative estimate of drug-likeness (QED) is 0.311. The van der Waals surface area contributed by atoms with Gasteiger partial charge in [0, 0.05) is 12.6 Å². The van der Waals surface area contributed by atoms with E-state index >= 15 is 0 Å². The SMILES string of the molecule is CCC1(C(=O)Oc2ccc(-c3ccc(-c4cnn(C)c4NC(=O)OC(C)C4CC4)cc3)cc2)CC1. The molecule has 7 nitrogen and oxygen atoms in total. The highest BCUT2D eigenvalue weighted by Gasteiger charge is 2.49. The largest absolute Gasteiger partial charge is 0.446 e. The molecule has 5 rings (SSSR count). The molecule has 0 radical (unpaired) electrons. The zero-order valence-corrected chi connectivity index (χ0v) is 20.4. The molecule has 3 aromatic rings. The standard InChI is InChI=1S/C28H31N3O4/c1-4-28(15-16-28)26(32)35-23-13-11-21(12-14-23)20-7-9-22(10-8-20)24-17-29-31(3)25(24)30-27(33)34-18(2)19-5-6-19/h7-14,17-19H,4-6,15-16H2,1-3H3,(H,30,33). The van der Waals surface area contributed by atoms with Crippen molar-refractivity contribution in [2.24, 2.45) is 18.4 Å². The molecule has 0 saturated heterocycles. The van der Waals surface area contributed by atoms with Crippen molar-refractivity contribution in [1.29, 1.82) is 0 Å². The first-order valence-electron chi connectivity index (χ1n) is 12.3. The number of carbonyl (C=O) groups is 2. The lowest BCUT2D eigenvalue weighted by Crippen LogP contribution is -2.22. The summed E-state index contributed by atoms with van der Waals surface area (Å²) in [6, 6.07) is 15.6. The van der Waals surface area contributed by atoms with E-state index in [2.05, 4.69) is 10.4 Å². The van der Waals surface area contributed by atoms with Crippen molar-refractivity contribution in [3.05, 3.63) is 54.7 Å². The fraction of sp³-hybridized carbons (Fsp3) is 0.393. The number of anilines is 1. The molecule has 1 atom stereocenters.